The zero-order valence-electron chi connectivity index (χ0n) is 15.1. The van der Waals surface area contributed by atoms with Gasteiger partial charge in [-0.1, -0.05) is 6.07 Å². The monoisotopic (exact) mass is 385 g/mol. The Morgan fingerprint density at radius 2 is 1.81 bits per heavy atom. The van der Waals surface area contributed by atoms with Crippen LogP contribution in [0.4, 0.5) is 5.69 Å². The molecule has 0 unspecified atom stereocenters. The highest BCUT2D eigenvalue weighted by Gasteiger charge is 2.18. The van der Waals surface area contributed by atoms with Crippen molar-refractivity contribution in [3.8, 4) is 5.75 Å². The Hall–Kier alpha value is -2.97. The van der Waals surface area contributed by atoms with Crippen LogP contribution in [-0.2, 0) is 10.0 Å². The average Bonchev–Trinajstić information content (AvgIpc) is 2.67. The van der Waals surface area contributed by atoms with Gasteiger partial charge < -0.3 is 10.1 Å². The van der Waals surface area contributed by atoms with E-state index < -0.39 is 10.0 Å². The van der Waals surface area contributed by atoms with E-state index >= 15 is 0 Å². The van der Waals surface area contributed by atoms with Gasteiger partial charge in [-0.25, -0.2) is 12.7 Å². The maximum Gasteiger partial charge on any atom is 0.255 e. The first kappa shape index (κ1) is 18.8. The summed E-state index contributed by atoms with van der Waals surface area (Å²) < 4.78 is 30.6. The molecule has 140 valence electrons. The summed E-state index contributed by atoms with van der Waals surface area (Å²) in [6.07, 6.45) is 1.64. The lowest BCUT2D eigenvalue weighted by Crippen LogP contribution is -2.22. The fraction of sp³-hybridized carbons (Fsp3) is 0.158. The van der Waals surface area contributed by atoms with Gasteiger partial charge in [0.25, 0.3) is 5.91 Å². The lowest BCUT2D eigenvalue weighted by Gasteiger charge is -2.12. The molecule has 1 N–H and O–H groups in total. The van der Waals surface area contributed by atoms with E-state index in [-0.39, 0.29) is 10.8 Å². The SMILES string of the molecule is COc1cc(NC(=O)c2ccc(S(=O)(=O)N(C)C)cc2)c2ncccc2c1. The highest BCUT2D eigenvalue weighted by molar-refractivity contribution is 7.89. The molecular weight excluding hydrogens is 366 g/mol. The number of aromatic nitrogens is 1. The molecule has 1 amide bonds. The number of benzene rings is 2. The smallest absolute Gasteiger partial charge is 0.255 e. The molecule has 1 aromatic heterocycles. The molecule has 0 bridgehead atoms. The maximum absolute atomic E-state index is 12.6. The third kappa shape index (κ3) is 3.76. The van der Waals surface area contributed by atoms with E-state index in [0.717, 1.165) is 9.69 Å². The zero-order valence-corrected chi connectivity index (χ0v) is 15.9. The van der Waals surface area contributed by atoms with Gasteiger partial charge in [0.05, 0.1) is 23.2 Å². The van der Waals surface area contributed by atoms with E-state index in [1.165, 1.54) is 38.4 Å². The molecule has 2 aromatic carbocycles. The number of methoxy groups -OCH3 is 1. The Morgan fingerprint density at radius 1 is 1.11 bits per heavy atom. The number of carbonyl (C=O) groups is 1. The first-order valence-electron chi connectivity index (χ1n) is 8.09. The summed E-state index contributed by atoms with van der Waals surface area (Å²) in [5.41, 5.74) is 1.48. The quantitative estimate of drug-likeness (QED) is 0.730. The maximum atomic E-state index is 12.6. The highest BCUT2D eigenvalue weighted by atomic mass is 32.2. The molecule has 0 fully saturated rings. The molecule has 0 aliphatic heterocycles. The van der Waals surface area contributed by atoms with Gasteiger partial charge >= 0.3 is 0 Å². The largest absolute Gasteiger partial charge is 0.497 e. The molecule has 0 radical (unpaired) electrons. The molecule has 3 aromatic rings. The number of ether oxygens (including phenoxy) is 1. The molecule has 8 heteroatoms. The van der Waals surface area contributed by atoms with Gasteiger partial charge in [0.15, 0.2) is 0 Å². The second-order valence-corrected chi connectivity index (χ2v) is 8.17. The number of hydrogen-bond donors (Lipinski definition) is 1. The fourth-order valence-corrected chi connectivity index (χ4v) is 3.46. The number of rotatable bonds is 5. The van der Waals surface area contributed by atoms with Crippen LogP contribution in [0.5, 0.6) is 5.75 Å². The average molecular weight is 385 g/mol. The van der Waals surface area contributed by atoms with Crippen LogP contribution in [0.25, 0.3) is 10.9 Å². The van der Waals surface area contributed by atoms with E-state index in [2.05, 4.69) is 10.3 Å². The predicted molar refractivity (Wildman–Crippen MR) is 104 cm³/mol. The molecule has 0 atom stereocenters. The minimum absolute atomic E-state index is 0.123. The topological polar surface area (TPSA) is 88.6 Å². The third-order valence-corrected chi connectivity index (χ3v) is 5.89. The van der Waals surface area contributed by atoms with Crippen LogP contribution in [0.1, 0.15) is 10.4 Å². The minimum atomic E-state index is -3.54. The van der Waals surface area contributed by atoms with Crippen LogP contribution >= 0.6 is 0 Å². The van der Waals surface area contributed by atoms with E-state index in [1.807, 2.05) is 12.1 Å². The first-order chi connectivity index (χ1) is 12.8. The van der Waals surface area contributed by atoms with Gasteiger partial charge in [-0.3, -0.25) is 9.78 Å². The van der Waals surface area contributed by atoms with Gasteiger partial charge in [-0.15, -0.1) is 0 Å². The number of fused-ring (bicyclic) bond motifs is 1. The second kappa shape index (κ2) is 7.34. The summed E-state index contributed by atoms with van der Waals surface area (Å²) in [6.45, 7) is 0. The van der Waals surface area contributed by atoms with Crippen molar-refractivity contribution < 1.29 is 17.9 Å². The Labute approximate surface area is 157 Å². The number of nitrogens with one attached hydrogen (secondary N) is 1. The number of nitrogens with zero attached hydrogens (tertiary/aromatic N) is 2. The Morgan fingerprint density at radius 3 is 2.44 bits per heavy atom. The van der Waals surface area contributed by atoms with Gasteiger partial charge in [0, 0.05) is 37.3 Å². The Kier molecular flexibility index (Phi) is 5.11. The third-order valence-electron chi connectivity index (χ3n) is 4.06. The van der Waals surface area contributed by atoms with Crippen molar-refractivity contribution in [1.29, 1.82) is 0 Å². The fourth-order valence-electron chi connectivity index (χ4n) is 2.56. The molecule has 27 heavy (non-hydrogen) atoms. The van der Waals surface area contributed by atoms with Crippen LogP contribution < -0.4 is 10.1 Å². The Balaban J connectivity index is 1.91. The normalized spacial score (nSPS) is 11.6. The van der Waals surface area contributed by atoms with Crippen molar-refractivity contribution in [2.24, 2.45) is 0 Å². The molecule has 0 aliphatic carbocycles. The summed E-state index contributed by atoms with van der Waals surface area (Å²) in [5, 5.41) is 3.65. The van der Waals surface area contributed by atoms with E-state index in [1.54, 1.807) is 25.4 Å². The number of amides is 1. The molecule has 7 nitrogen and oxygen atoms in total. The predicted octanol–water partition coefficient (Wildman–Crippen LogP) is 2.75. The van der Waals surface area contributed by atoms with Crippen molar-refractivity contribution in [3.63, 3.8) is 0 Å². The molecule has 3 rings (SSSR count). The van der Waals surface area contributed by atoms with Crippen molar-refractivity contribution in [2.75, 3.05) is 26.5 Å². The highest BCUT2D eigenvalue weighted by Crippen LogP contribution is 2.28. The number of sulfonamides is 1. The van der Waals surface area contributed by atoms with Crippen molar-refractivity contribution in [1.82, 2.24) is 9.29 Å². The van der Waals surface area contributed by atoms with Gasteiger partial charge in [0.2, 0.25) is 10.0 Å². The first-order valence-corrected chi connectivity index (χ1v) is 9.53. The van der Waals surface area contributed by atoms with Crippen LogP contribution in [0.3, 0.4) is 0 Å². The summed E-state index contributed by atoms with van der Waals surface area (Å²) in [4.78, 5) is 17.0. The van der Waals surface area contributed by atoms with Gasteiger partial charge in [-0.2, -0.15) is 0 Å². The summed E-state index contributed by atoms with van der Waals surface area (Å²) in [5.74, 6) is 0.224. The van der Waals surface area contributed by atoms with Crippen molar-refractivity contribution in [2.45, 2.75) is 4.90 Å². The second-order valence-electron chi connectivity index (χ2n) is 6.02. The van der Waals surface area contributed by atoms with Crippen LogP contribution in [0.2, 0.25) is 0 Å². The molecule has 0 spiro atoms. The summed E-state index contributed by atoms with van der Waals surface area (Å²) in [6, 6.07) is 13.0. The number of anilines is 1. The molecular formula is C19H19N3O4S. The van der Waals surface area contributed by atoms with Gasteiger partial charge in [-0.05, 0) is 36.4 Å². The van der Waals surface area contributed by atoms with Crippen molar-refractivity contribution in [3.05, 3.63) is 60.3 Å². The standard InChI is InChI=1S/C19H19N3O4S/c1-22(2)27(24,25)16-8-6-13(7-9-16)19(23)21-17-12-15(26-3)11-14-5-4-10-20-18(14)17/h4-12H,1-3H3,(H,21,23). The summed E-state index contributed by atoms with van der Waals surface area (Å²) >= 11 is 0. The van der Waals surface area contributed by atoms with Gasteiger partial charge in [0.1, 0.15) is 5.75 Å². The van der Waals surface area contributed by atoms with Crippen LogP contribution in [-0.4, -0.2) is 44.8 Å². The van der Waals surface area contributed by atoms with E-state index in [0.29, 0.717) is 22.5 Å². The molecule has 0 saturated heterocycles. The van der Waals surface area contributed by atoms with E-state index in [4.69, 9.17) is 4.74 Å². The zero-order chi connectivity index (χ0) is 19.6. The Bertz CT molecular complexity index is 1090. The molecule has 1 heterocycles. The lowest BCUT2D eigenvalue weighted by molar-refractivity contribution is 0.102. The van der Waals surface area contributed by atoms with Crippen LogP contribution in [0.15, 0.2) is 59.6 Å². The number of pyridine rings is 1. The lowest BCUT2D eigenvalue weighted by atomic mass is 10.1. The minimum Gasteiger partial charge on any atom is -0.497 e. The number of carbonyl (C=O) groups excluding carboxylic acids is 1. The molecule has 0 saturated carbocycles. The van der Waals surface area contributed by atoms with Crippen LogP contribution in [0, 0.1) is 0 Å². The molecule has 0 aliphatic rings. The summed E-state index contributed by atoms with van der Waals surface area (Å²) in [7, 11) is 0.918. The van der Waals surface area contributed by atoms with Crippen molar-refractivity contribution >= 4 is 32.5 Å². The van der Waals surface area contributed by atoms with E-state index in [9.17, 15) is 13.2 Å². The number of hydrogen-bond acceptors (Lipinski definition) is 5.